The second-order valence-corrected chi connectivity index (χ2v) is 3.93. The number of benzene rings is 1. The highest BCUT2D eigenvalue weighted by molar-refractivity contribution is 6.08. The van der Waals surface area contributed by atoms with Crippen molar-refractivity contribution in [3.63, 3.8) is 0 Å². The van der Waals surface area contributed by atoms with Gasteiger partial charge in [-0.2, -0.15) is 0 Å². The lowest BCUT2D eigenvalue weighted by molar-refractivity contribution is -0.384. The maximum absolute atomic E-state index is 11.2. The Morgan fingerprint density at radius 1 is 1.35 bits per heavy atom. The zero-order valence-corrected chi connectivity index (χ0v) is 9.99. The van der Waals surface area contributed by atoms with E-state index in [1.54, 1.807) is 0 Å². The number of nitro benzene ring substituents is 1. The van der Waals surface area contributed by atoms with E-state index in [-0.39, 0.29) is 28.1 Å². The molecule has 1 amide bonds. The van der Waals surface area contributed by atoms with Gasteiger partial charge in [-0.3, -0.25) is 14.9 Å². The molecule has 1 heterocycles. The van der Waals surface area contributed by atoms with E-state index >= 15 is 0 Å². The summed E-state index contributed by atoms with van der Waals surface area (Å²) in [7, 11) is 0. The fraction of sp³-hybridized carbons (Fsp3) is 0. The highest BCUT2D eigenvalue weighted by atomic mass is 16.6. The molecule has 0 aliphatic heterocycles. The number of primary amides is 1. The fourth-order valence-corrected chi connectivity index (χ4v) is 1.84. The molecule has 2 aromatic rings. The van der Waals surface area contributed by atoms with Crippen LogP contribution < -0.4 is 5.73 Å². The van der Waals surface area contributed by atoms with Crippen LogP contribution in [0.15, 0.2) is 30.5 Å². The van der Waals surface area contributed by atoms with Crippen LogP contribution in [0.1, 0.15) is 20.7 Å². The number of non-ortho nitro benzene ring substituents is 1. The van der Waals surface area contributed by atoms with Crippen LogP contribution in [0.3, 0.4) is 0 Å². The van der Waals surface area contributed by atoms with Crippen LogP contribution in [0.25, 0.3) is 11.3 Å². The van der Waals surface area contributed by atoms with Gasteiger partial charge in [-0.1, -0.05) is 12.1 Å². The van der Waals surface area contributed by atoms with E-state index in [0.29, 0.717) is 0 Å². The molecule has 20 heavy (non-hydrogen) atoms. The highest BCUT2D eigenvalue weighted by Crippen LogP contribution is 2.28. The molecule has 0 aliphatic carbocycles. The third kappa shape index (κ3) is 2.21. The lowest BCUT2D eigenvalue weighted by Crippen LogP contribution is -2.14. The summed E-state index contributed by atoms with van der Waals surface area (Å²) in [6.07, 6.45) is 1.17. The van der Waals surface area contributed by atoms with E-state index in [1.165, 1.54) is 30.5 Å². The number of aromatic nitrogens is 1. The number of amides is 1. The molecule has 1 aromatic heterocycles. The molecule has 0 fully saturated rings. The van der Waals surface area contributed by atoms with Crippen molar-refractivity contribution in [2.24, 2.45) is 5.73 Å². The van der Waals surface area contributed by atoms with Crippen molar-refractivity contribution in [3.8, 4) is 11.3 Å². The first-order chi connectivity index (χ1) is 9.41. The van der Waals surface area contributed by atoms with Gasteiger partial charge in [0.1, 0.15) is 0 Å². The number of aromatic amines is 1. The maximum Gasteiger partial charge on any atom is 0.338 e. The molecule has 0 spiro atoms. The molecular formula is C12H9N3O5. The molecule has 2 rings (SSSR count). The average Bonchev–Trinajstić information content (AvgIpc) is 2.83. The largest absolute Gasteiger partial charge is 0.478 e. The number of hydrogen-bond donors (Lipinski definition) is 3. The molecule has 4 N–H and O–H groups in total. The highest BCUT2D eigenvalue weighted by Gasteiger charge is 2.23. The van der Waals surface area contributed by atoms with Crippen molar-refractivity contribution in [3.05, 3.63) is 51.7 Å². The van der Waals surface area contributed by atoms with Crippen LogP contribution in [-0.2, 0) is 0 Å². The van der Waals surface area contributed by atoms with Gasteiger partial charge in [0.25, 0.3) is 11.6 Å². The Bertz CT molecular complexity index is 720. The molecule has 0 atom stereocenters. The molecule has 0 unspecified atom stereocenters. The second-order valence-electron chi connectivity index (χ2n) is 3.93. The van der Waals surface area contributed by atoms with Crippen molar-refractivity contribution in [1.29, 1.82) is 0 Å². The average molecular weight is 275 g/mol. The Balaban J connectivity index is 2.64. The number of carboxylic acid groups (broad SMARTS) is 1. The number of rotatable bonds is 4. The molecule has 8 heteroatoms. The number of carbonyl (C=O) groups excluding carboxylic acids is 1. The first-order valence-corrected chi connectivity index (χ1v) is 5.41. The van der Waals surface area contributed by atoms with Gasteiger partial charge in [0.15, 0.2) is 0 Å². The number of carboxylic acids is 1. The van der Waals surface area contributed by atoms with Gasteiger partial charge in [-0.15, -0.1) is 0 Å². The molecule has 102 valence electrons. The third-order valence-electron chi connectivity index (χ3n) is 2.71. The normalized spacial score (nSPS) is 10.2. The van der Waals surface area contributed by atoms with E-state index in [1.807, 2.05) is 0 Å². The van der Waals surface area contributed by atoms with Gasteiger partial charge >= 0.3 is 5.97 Å². The van der Waals surface area contributed by atoms with Crippen molar-refractivity contribution < 1.29 is 19.6 Å². The number of carbonyl (C=O) groups is 2. The summed E-state index contributed by atoms with van der Waals surface area (Å²) in [5, 5.41) is 19.9. The zero-order chi connectivity index (χ0) is 14.9. The summed E-state index contributed by atoms with van der Waals surface area (Å²) in [6.45, 7) is 0. The Morgan fingerprint density at radius 2 is 2.05 bits per heavy atom. The molecule has 0 saturated carbocycles. The smallest absolute Gasteiger partial charge is 0.338 e. The first-order valence-electron chi connectivity index (χ1n) is 5.41. The molecule has 1 aromatic carbocycles. The van der Waals surface area contributed by atoms with E-state index in [4.69, 9.17) is 10.8 Å². The number of nitrogens with one attached hydrogen (secondary N) is 1. The van der Waals surface area contributed by atoms with E-state index < -0.39 is 16.8 Å². The zero-order valence-electron chi connectivity index (χ0n) is 9.99. The summed E-state index contributed by atoms with van der Waals surface area (Å²) in [5.41, 5.74) is 4.79. The quantitative estimate of drug-likeness (QED) is 0.571. The topological polar surface area (TPSA) is 139 Å². The SMILES string of the molecule is NC(=O)c1c[nH]c(-c2cccc([N+](=O)[O-])c2)c1C(=O)O. The standard InChI is InChI=1S/C12H9N3O5/c13-11(16)8-5-14-10(9(8)12(17)18)6-2-1-3-7(4-6)15(19)20/h1-5,14H,(H2,13,16)(H,17,18). The minimum atomic E-state index is -1.35. The molecular weight excluding hydrogens is 266 g/mol. The summed E-state index contributed by atoms with van der Waals surface area (Å²) >= 11 is 0. The number of nitro groups is 1. The molecule has 8 nitrogen and oxygen atoms in total. The summed E-state index contributed by atoms with van der Waals surface area (Å²) in [5.74, 6) is -2.24. The molecule has 0 saturated heterocycles. The summed E-state index contributed by atoms with van der Waals surface area (Å²) < 4.78 is 0. The van der Waals surface area contributed by atoms with Crippen molar-refractivity contribution in [2.75, 3.05) is 0 Å². The van der Waals surface area contributed by atoms with Crippen LogP contribution in [0.2, 0.25) is 0 Å². The number of aromatic carboxylic acids is 1. The van der Waals surface area contributed by atoms with E-state index in [9.17, 15) is 19.7 Å². The Labute approximate surface area is 112 Å². The van der Waals surface area contributed by atoms with Crippen LogP contribution in [0.4, 0.5) is 5.69 Å². The molecule has 0 bridgehead atoms. The number of hydrogen-bond acceptors (Lipinski definition) is 4. The predicted molar refractivity (Wildman–Crippen MR) is 68.4 cm³/mol. The van der Waals surface area contributed by atoms with E-state index in [2.05, 4.69) is 4.98 Å². The Hall–Kier alpha value is -3.16. The Morgan fingerprint density at radius 3 is 2.60 bits per heavy atom. The minimum absolute atomic E-state index is 0.0926. The monoisotopic (exact) mass is 275 g/mol. The third-order valence-corrected chi connectivity index (χ3v) is 2.71. The maximum atomic E-state index is 11.2. The van der Waals surface area contributed by atoms with Crippen molar-refractivity contribution in [2.45, 2.75) is 0 Å². The Kier molecular flexibility index (Phi) is 3.21. The summed E-state index contributed by atoms with van der Waals surface area (Å²) in [4.78, 5) is 35.2. The van der Waals surface area contributed by atoms with Gasteiger partial charge in [0, 0.05) is 23.9 Å². The van der Waals surface area contributed by atoms with Crippen LogP contribution >= 0.6 is 0 Å². The first kappa shape index (κ1) is 13.3. The van der Waals surface area contributed by atoms with E-state index in [0.717, 1.165) is 0 Å². The lowest BCUT2D eigenvalue weighted by Gasteiger charge is -2.02. The fourth-order valence-electron chi connectivity index (χ4n) is 1.84. The number of nitrogens with zero attached hydrogens (tertiary/aromatic N) is 1. The van der Waals surface area contributed by atoms with Crippen LogP contribution in [0, 0.1) is 10.1 Å². The predicted octanol–water partition coefficient (Wildman–Crippen LogP) is 1.39. The minimum Gasteiger partial charge on any atom is -0.478 e. The summed E-state index contributed by atoms with van der Waals surface area (Å²) in [6, 6.07) is 5.41. The van der Waals surface area contributed by atoms with Gasteiger partial charge in [-0.25, -0.2) is 4.79 Å². The van der Waals surface area contributed by atoms with Crippen molar-refractivity contribution >= 4 is 17.6 Å². The van der Waals surface area contributed by atoms with Gasteiger partial charge in [0.05, 0.1) is 21.7 Å². The van der Waals surface area contributed by atoms with Gasteiger partial charge < -0.3 is 15.8 Å². The van der Waals surface area contributed by atoms with Crippen molar-refractivity contribution in [1.82, 2.24) is 4.98 Å². The van der Waals surface area contributed by atoms with Crippen LogP contribution in [0.5, 0.6) is 0 Å². The lowest BCUT2D eigenvalue weighted by atomic mass is 10.0. The number of nitrogens with two attached hydrogens (primary N) is 1. The molecule has 0 aliphatic rings. The van der Waals surface area contributed by atoms with Gasteiger partial charge in [-0.05, 0) is 0 Å². The molecule has 0 radical (unpaired) electrons. The number of H-pyrrole nitrogens is 1. The van der Waals surface area contributed by atoms with Crippen LogP contribution in [-0.4, -0.2) is 26.9 Å². The second kappa shape index (κ2) is 4.84. The van der Waals surface area contributed by atoms with Gasteiger partial charge in [0.2, 0.25) is 0 Å².